The number of aromatic nitrogens is 4. The first-order chi connectivity index (χ1) is 21.1. The molecule has 1 fully saturated rings. The molecule has 6 rings (SSSR count). The molecule has 9 nitrogen and oxygen atoms in total. The quantitative estimate of drug-likeness (QED) is 0.169. The van der Waals surface area contributed by atoms with Gasteiger partial charge >= 0.3 is 0 Å². The molecule has 2 N–H and O–H groups in total. The molecule has 1 saturated heterocycles. The summed E-state index contributed by atoms with van der Waals surface area (Å²) in [6.07, 6.45) is 2.17. The lowest BCUT2D eigenvalue weighted by Gasteiger charge is -2.11. The van der Waals surface area contributed by atoms with Gasteiger partial charge in [-0.15, -0.1) is 21.5 Å². The molecule has 0 unspecified atom stereocenters. The number of ether oxygens (including phenoxy) is 1. The van der Waals surface area contributed by atoms with Crippen LogP contribution in [-0.4, -0.2) is 62.3 Å². The summed E-state index contributed by atoms with van der Waals surface area (Å²) < 4.78 is 9.37. The highest BCUT2D eigenvalue weighted by Crippen LogP contribution is 2.31. The van der Waals surface area contributed by atoms with Gasteiger partial charge in [-0.2, -0.15) is 0 Å². The lowest BCUT2D eigenvalue weighted by molar-refractivity contribution is -0.119. The molecule has 1 aliphatic heterocycles. The van der Waals surface area contributed by atoms with Crippen molar-refractivity contribution in [3.63, 3.8) is 0 Å². The highest BCUT2D eigenvalue weighted by molar-refractivity contribution is 8.01. The number of hydrogen-bond donors (Lipinski definition) is 2. The van der Waals surface area contributed by atoms with Crippen LogP contribution in [0, 0.1) is 0 Å². The van der Waals surface area contributed by atoms with Gasteiger partial charge in [0.15, 0.2) is 15.3 Å². The van der Waals surface area contributed by atoms with E-state index in [-0.39, 0.29) is 23.7 Å². The van der Waals surface area contributed by atoms with Gasteiger partial charge in [-0.1, -0.05) is 84.2 Å². The fraction of sp³-hybridized carbons (Fsp3) is 0.258. The largest absolute Gasteiger partial charge is 0.376 e. The fourth-order valence-electron chi connectivity index (χ4n) is 4.69. The van der Waals surface area contributed by atoms with Crippen LogP contribution in [0.5, 0.6) is 0 Å². The summed E-state index contributed by atoms with van der Waals surface area (Å²) in [5.41, 5.74) is 3.63. The van der Waals surface area contributed by atoms with Crippen LogP contribution < -0.4 is 10.6 Å². The molecule has 12 heteroatoms. The van der Waals surface area contributed by atoms with Crippen molar-refractivity contribution >= 4 is 62.6 Å². The summed E-state index contributed by atoms with van der Waals surface area (Å²) in [5.74, 6) is 1.08. The topological polar surface area (TPSA) is 111 Å². The fourth-order valence-corrected chi connectivity index (χ4v) is 7.36. The first-order valence-corrected chi connectivity index (χ1v) is 16.8. The van der Waals surface area contributed by atoms with Gasteiger partial charge < -0.3 is 15.4 Å². The number of thioether (sulfide) groups is 2. The first-order valence-electron chi connectivity index (χ1n) is 14.0. The Labute approximate surface area is 261 Å². The van der Waals surface area contributed by atoms with E-state index < -0.39 is 0 Å². The SMILES string of the molecule is O=C(CSc1nc2ccc(NC(=O)CSc3nnc(-c4ccccc4)n3Cc3ccccc3)cc2s1)NC[C@@H]1CCCO1. The number of anilines is 1. The zero-order chi connectivity index (χ0) is 29.4. The van der Waals surface area contributed by atoms with E-state index in [1.54, 1.807) is 0 Å². The Balaban J connectivity index is 1.06. The second-order valence-electron chi connectivity index (χ2n) is 9.97. The first kappa shape index (κ1) is 29.4. The average molecular weight is 631 g/mol. The molecule has 0 bridgehead atoms. The standard InChI is InChI=1S/C31H30N6O3S3/c38-27(32-17-24-12-7-15-40-24)19-42-31-34-25-14-13-23(16-26(25)43-31)33-28(39)20-41-30-36-35-29(22-10-5-2-6-11-22)37(30)18-21-8-3-1-4-9-21/h1-6,8-11,13-14,16,24H,7,12,15,17-20H2,(H,32,38)(H,33,39)/t24-/m0/s1. The average Bonchev–Trinajstić information content (AvgIpc) is 3.79. The predicted molar refractivity (Wildman–Crippen MR) is 173 cm³/mol. The Kier molecular flexibility index (Phi) is 9.68. The molecule has 0 radical (unpaired) electrons. The zero-order valence-corrected chi connectivity index (χ0v) is 25.7. The number of nitrogens with one attached hydrogen (secondary N) is 2. The molecule has 2 amide bonds. The van der Waals surface area contributed by atoms with E-state index in [9.17, 15) is 9.59 Å². The van der Waals surface area contributed by atoms with E-state index in [4.69, 9.17) is 4.74 Å². The van der Waals surface area contributed by atoms with E-state index in [0.29, 0.717) is 29.7 Å². The van der Waals surface area contributed by atoms with E-state index in [1.165, 1.54) is 34.9 Å². The van der Waals surface area contributed by atoms with Crippen molar-refractivity contribution in [2.45, 2.75) is 35.0 Å². The van der Waals surface area contributed by atoms with Gasteiger partial charge in [0.25, 0.3) is 0 Å². The van der Waals surface area contributed by atoms with Crippen LogP contribution in [0.1, 0.15) is 18.4 Å². The molecule has 0 aliphatic carbocycles. The summed E-state index contributed by atoms with van der Waals surface area (Å²) in [7, 11) is 0. The van der Waals surface area contributed by atoms with Crippen molar-refractivity contribution in [3.05, 3.63) is 84.4 Å². The van der Waals surface area contributed by atoms with Gasteiger partial charge in [-0.05, 0) is 36.6 Å². The number of carbonyl (C=O) groups is 2. The number of amides is 2. The van der Waals surface area contributed by atoms with Gasteiger partial charge in [0.1, 0.15) is 0 Å². The number of carbonyl (C=O) groups excluding carboxylic acids is 2. The molecule has 2 aromatic heterocycles. The number of rotatable bonds is 12. The minimum absolute atomic E-state index is 0.0271. The number of fused-ring (bicyclic) bond motifs is 1. The molecule has 3 heterocycles. The lowest BCUT2D eigenvalue weighted by Crippen LogP contribution is -2.32. The van der Waals surface area contributed by atoms with Gasteiger partial charge in [0.2, 0.25) is 11.8 Å². The van der Waals surface area contributed by atoms with Gasteiger partial charge in [-0.3, -0.25) is 14.2 Å². The monoisotopic (exact) mass is 630 g/mol. The Morgan fingerprint density at radius 3 is 2.53 bits per heavy atom. The molecular weight excluding hydrogens is 601 g/mol. The Bertz CT molecular complexity index is 1690. The Hall–Kier alpha value is -3.71. The molecule has 0 spiro atoms. The van der Waals surface area contributed by atoms with Gasteiger partial charge in [0.05, 0.1) is 34.4 Å². The number of benzene rings is 3. The molecule has 0 saturated carbocycles. The minimum atomic E-state index is -0.137. The van der Waals surface area contributed by atoms with Crippen LogP contribution in [0.15, 0.2) is 88.4 Å². The summed E-state index contributed by atoms with van der Waals surface area (Å²) in [5, 5.41) is 15.5. The van der Waals surface area contributed by atoms with Crippen LogP contribution in [0.3, 0.4) is 0 Å². The van der Waals surface area contributed by atoms with E-state index >= 15 is 0 Å². The minimum Gasteiger partial charge on any atom is -0.376 e. The summed E-state index contributed by atoms with van der Waals surface area (Å²) >= 11 is 4.28. The summed E-state index contributed by atoms with van der Waals surface area (Å²) in [6, 6.07) is 25.7. The normalized spacial score (nSPS) is 14.7. The van der Waals surface area contributed by atoms with Crippen molar-refractivity contribution < 1.29 is 14.3 Å². The predicted octanol–water partition coefficient (Wildman–Crippen LogP) is 5.72. The van der Waals surface area contributed by atoms with Crippen LogP contribution in [-0.2, 0) is 20.9 Å². The second-order valence-corrected chi connectivity index (χ2v) is 13.2. The Morgan fingerprint density at radius 2 is 1.74 bits per heavy atom. The van der Waals surface area contributed by atoms with Crippen LogP contribution in [0.4, 0.5) is 5.69 Å². The molecule has 43 heavy (non-hydrogen) atoms. The Morgan fingerprint density at radius 1 is 0.953 bits per heavy atom. The van der Waals surface area contributed by atoms with E-state index in [2.05, 4.69) is 37.9 Å². The summed E-state index contributed by atoms with van der Waals surface area (Å²) in [4.78, 5) is 29.8. The number of thiazole rings is 1. The third-order valence-electron chi connectivity index (χ3n) is 6.79. The maximum absolute atomic E-state index is 12.9. The number of hydrogen-bond acceptors (Lipinski definition) is 9. The zero-order valence-electron chi connectivity index (χ0n) is 23.3. The van der Waals surface area contributed by atoms with Crippen molar-refractivity contribution in [1.29, 1.82) is 0 Å². The van der Waals surface area contributed by atoms with Crippen molar-refractivity contribution in [2.75, 3.05) is 30.0 Å². The van der Waals surface area contributed by atoms with E-state index in [1.807, 2.05) is 71.3 Å². The van der Waals surface area contributed by atoms with Gasteiger partial charge in [0, 0.05) is 24.4 Å². The number of nitrogens with zero attached hydrogens (tertiary/aromatic N) is 4. The van der Waals surface area contributed by atoms with Crippen LogP contribution in [0.2, 0.25) is 0 Å². The molecule has 1 atom stereocenters. The summed E-state index contributed by atoms with van der Waals surface area (Å²) in [6.45, 7) is 1.93. The highest BCUT2D eigenvalue weighted by Gasteiger charge is 2.18. The van der Waals surface area contributed by atoms with Crippen LogP contribution >= 0.6 is 34.9 Å². The molecule has 220 valence electrons. The van der Waals surface area contributed by atoms with Crippen molar-refractivity contribution in [3.8, 4) is 11.4 Å². The van der Waals surface area contributed by atoms with Crippen molar-refractivity contribution in [1.82, 2.24) is 25.1 Å². The molecular formula is C31H30N6O3S3. The maximum atomic E-state index is 12.9. The molecule has 5 aromatic rings. The molecule has 3 aromatic carbocycles. The van der Waals surface area contributed by atoms with Gasteiger partial charge in [-0.25, -0.2) is 4.98 Å². The third-order valence-corrected chi connectivity index (χ3v) is 9.92. The highest BCUT2D eigenvalue weighted by atomic mass is 32.2. The van der Waals surface area contributed by atoms with Crippen LogP contribution in [0.25, 0.3) is 21.6 Å². The lowest BCUT2D eigenvalue weighted by atomic mass is 10.2. The van der Waals surface area contributed by atoms with E-state index in [0.717, 1.165) is 51.0 Å². The van der Waals surface area contributed by atoms with Crippen molar-refractivity contribution in [2.24, 2.45) is 0 Å². The maximum Gasteiger partial charge on any atom is 0.234 e. The second kappa shape index (κ2) is 14.2. The smallest absolute Gasteiger partial charge is 0.234 e. The molecule has 1 aliphatic rings. The third kappa shape index (κ3) is 7.82.